The third kappa shape index (κ3) is 28.3. The molecule has 708 valence electrons. The maximum Gasteiger partial charge on any atom is 0.410 e. The van der Waals surface area contributed by atoms with Crippen molar-refractivity contribution in [3.8, 4) is 34.5 Å². The highest BCUT2D eigenvalue weighted by Crippen LogP contribution is 2.42. The molecule has 0 saturated carbocycles. The Morgan fingerprint density at radius 3 is 0.860 bits per heavy atom. The number of unbranched alkanes of at least 4 members (excludes halogenated alkanes) is 9. The van der Waals surface area contributed by atoms with Crippen LogP contribution in [0.25, 0.3) is 0 Å². The van der Waals surface area contributed by atoms with Crippen LogP contribution in [0.5, 0.6) is 34.5 Å². The summed E-state index contributed by atoms with van der Waals surface area (Å²) in [5.74, 6) is 0.704. The first-order chi connectivity index (χ1) is 61.5. The number of benzene rings is 3. The summed E-state index contributed by atoms with van der Waals surface area (Å²) in [6.07, 6.45) is 11.4. The molecule has 3 aromatic carbocycles. The van der Waals surface area contributed by atoms with E-state index in [-0.39, 0.29) is 45.7 Å². The third-order valence-corrected chi connectivity index (χ3v) is 22.6. The number of ether oxygens (including phenoxy) is 15. The average molecular weight is 1810 g/mol. The summed E-state index contributed by atoms with van der Waals surface area (Å²) in [4.78, 5) is 166. The van der Waals surface area contributed by atoms with Gasteiger partial charge in [-0.25, -0.2) is 43.2 Å². The lowest BCUT2D eigenvalue weighted by atomic mass is 10.1. The molecule has 0 bridgehead atoms. The molecule has 36 nitrogen and oxygen atoms in total. The summed E-state index contributed by atoms with van der Waals surface area (Å²) in [7, 11) is 3.73. The number of nitrogens with one attached hydrogen (secondary N) is 3. The molecule has 0 aliphatic carbocycles. The van der Waals surface area contributed by atoms with Crippen LogP contribution in [0.15, 0.2) is 74.4 Å². The van der Waals surface area contributed by atoms with E-state index in [1.165, 1.54) is 36.0 Å². The summed E-state index contributed by atoms with van der Waals surface area (Å²) in [5.41, 5.74) is 3.42. The van der Waals surface area contributed by atoms with Crippen molar-refractivity contribution in [3.63, 3.8) is 0 Å². The molecule has 0 radical (unpaired) electrons. The minimum Gasteiger partial charge on any atom is -0.490 e. The van der Waals surface area contributed by atoms with Gasteiger partial charge in [-0.3, -0.25) is 29.1 Å². The monoisotopic (exact) mass is 1800 g/mol. The molecule has 9 aliphatic rings. The molecule has 9 heterocycles. The van der Waals surface area contributed by atoms with Crippen LogP contribution in [0, 0.1) is 0 Å². The molecule has 0 aromatic heterocycles. The van der Waals surface area contributed by atoms with Crippen LogP contribution in [0.4, 0.5) is 28.8 Å². The normalized spacial score (nSPS) is 19.7. The maximum atomic E-state index is 13.8. The minimum atomic E-state index is -0.963. The van der Waals surface area contributed by atoms with Gasteiger partial charge in [-0.2, -0.15) is 0 Å². The van der Waals surface area contributed by atoms with Crippen LogP contribution >= 0.6 is 0 Å². The number of likely N-dealkylation sites (tertiary alicyclic amines) is 3. The number of rotatable bonds is 30. The SMILES string of the molecule is C=CCCCCC[C@H](NC(=O)OC(C)(C)C)C(=O)N1C[C@H](OC(=O)N2Cc3cc4c(cc3C2)OCCCO4)C[C@H]1C(=O)OC.C=CCCCCC[C@H](NC(=O)OC(C)(C)C)C(=O)N1C[C@H](OC(=O)N2Cc3cc4c(cc3C2)OCCO4)C[C@H]1C(=O)OC.C=CCCCCC[C@H](NC(=O)OC(C)(C)C)C(=O)N1C[C@H](OC(=O)N2Cc3cc4c(cc3C2)OCO4)C[C@H]1C(=O)OC. The van der Waals surface area contributed by atoms with E-state index in [2.05, 4.69) is 35.7 Å². The fraction of sp³-hybridized carbons (Fsp3) is 0.613. The molecule has 3 fully saturated rings. The highest BCUT2D eigenvalue weighted by Gasteiger charge is 2.49. The Kier molecular flexibility index (Phi) is 35.3. The Labute approximate surface area is 754 Å². The lowest BCUT2D eigenvalue weighted by Gasteiger charge is -2.29. The number of carbonyl (C=O) groups is 12. The van der Waals surface area contributed by atoms with Crippen molar-refractivity contribution in [3.05, 3.63) is 108 Å². The molecule has 129 heavy (non-hydrogen) atoms. The molecule has 12 rings (SSSR count). The maximum absolute atomic E-state index is 13.8. The number of alkyl carbamates (subject to hydrolysis) is 3. The van der Waals surface area contributed by atoms with Gasteiger partial charge in [0.1, 0.15) is 84.6 Å². The summed E-state index contributed by atoms with van der Waals surface area (Å²) >= 11 is 0. The van der Waals surface area contributed by atoms with Crippen LogP contribution in [-0.2, 0) is 111 Å². The first-order valence-corrected chi connectivity index (χ1v) is 44.5. The second-order valence-electron chi connectivity index (χ2n) is 36.1. The number of carbonyl (C=O) groups excluding carboxylic acids is 12. The first-order valence-electron chi connectivity index (χ1n) is 44.5. The Hall–Kier alpha value is -11.9. The smallest absolute Gasteiger partial charge is 0.410 e. The van der Waals surface area contributed by atoms with Crippen LogP contribution in [0.1, 0.15) is 218 Å². The van der Waals surface area contributed by atoms with Gasteiger partial charge in [0.05, 0.1) is 54.2 Å². The number of methoxy groups -OCH3 is 3. The van der Waals surface area contributed by atoms with Crippen molar-refractivity contribution < 1.29 is 129 Å². The average Bonchev–Trinajstić information content (AvgIpc) is 1.65. The number of hydrogen-bond acceptors (Lipinski definition) is 27. The molecule has 9 aliphatic heterocycles. The Morgan fingerprint density at radius 2 is 0.620 bits per heavy atom. The van der Waals surface area contributed by atoms with Gasteiger partial charge in [-0.05, 0) is 190 Å². The highest BCUT2D eigenvalue weighted by molar-refractivity contribution is 5.93. The molecule has 9 amide bonds. The topological polar surface area (TPSA) is 399 Å². The van der Waals surface area contributed by atoms with Crippen molar-refractivity contribution in [1.82, 2.24) is 45.3 Å². The molecule has 3 aromatic rings. The second kappa shape index (κ2) is 45.9. The molecular formula is C93H129N9O27. The number of fused-ring (bicyclic) bond motifs is 6. The summed E-state index contributed by atoms with van der Waals surface area (Å²) in [6.45, 7) is 31.1. The van der Waals surface area contributed by atoms with Crippen molar-refractivity contribution in [2.24, 2.45) is 0 Å². The lowest BCUT2D eigenvalue weighted by Crippen LogP contribution is -2.52. The zero-order chi connectivity index (χ0) is 93.4. The third-order valence-electron chi connectivity index (χ3n) is 22.6. The van der Waals surface area contributed by atoms with Gasteiger partial charge in [0.15, 0.2) is 34.5 Å². The number of amides is 9. The minimum absolute atomic E-state index is 0.00985. The molecule has 3 N–H and O–H groups in total. The predicted octanol–water partition coefficient (Wildman–Crippen LogP) is 12.6. The van der Waals surface area contributed by atoms with Crippen LogP contribution in [0.2, 0.25) is 0 Å². The molecule has 0 unspecified atom stereocenters. The summed E-state index contributed by atoms with van der Waals surface area (Å²) < 4.78 is 82.3. The molecule has 3 saturated heterocycles. The number of esters is 3. The van der Waals surface area contributed by atoms with E-state index >= 15 is 0 Å². The molecule has 0 spiro atoms. The van der Waals surface area contributed by atoms with E-state index in [1.807, 2.05) is 54.6 Å². The van der Waals surface area contributed by atoms with Crippen LogP contribution in [0.3, 0.4) is 0 Å². The number of nitrogens with zero attached hydrogens (tertiary/aromatic N) is 6. The van der Waals surface area contributed by atoms with Crippen molar-refractivity contribution in [1.29, 1.82) is 0 Å². The van der Waals surface area contributed by atoms with E-state index in [0.717, 1.165) is 97.6 Å². The second-order valence-corrected chi connectivity index (χ2v) is 36.1. The Balaban J connectivity index is 0.000000201. The largest absolute Gasteiger partial charge is 0.490 e. The van der Waals surface area contributed by atoms with E-state index in [9.17, 15) is 57.5 Å². The van der Waals surface area contributed by atoms with E-state index in [1.54, 1.807) is 77.0 Å². The zero-order valence-corrected chi connectivity index (χ0v) is 76.6. The van der Waals surface area contributed by atoms with Crippen molar-refractivity contribution in [2.45, 2.75) is 295 Å². The number of allylic oxidation sites excluding steroid dienone is 3. The van der Waals surface area contributed by atoms with Crippen LogP contribution in [-0.4, -0.2) is 247 Å². The van der Waals surface area contributed by atoms with E-state index in [4.69, 9.17) is 71.1 Å². The summed E-state index contributed by atoms with van der Waals surface area (Å²) in [6, 6.07) is 5.64. The van der Waals surface area contributed by atoms with Gasteiger partial charge in [-0.15, -0.1) is 19.7 Å². The predicted molar refractivity (Wildman–Crippen MR) is 466 cm³/mol. The Bertz CT molecular complexity index is 4410. The van der Waals surface area contributed by atoms with E-state index in [0.29, 0.717) is 139 Å². The Morgan fingerprint density at radius 1 is 0.372 bits per heavy atom. The van der Waals surface area contributed by atoms with Gasteiger partial charge >= 0.3 is 54.5 Å². The first kappa shape index (κ1) is 99.3. The fourth-order valence-electron chi connectivity index (χ4n) is 16.4. The number of hydrogen-bond donors (Lipinski definition) is 3. The quantitative estimate of drug-likeness (QED) is 0.0241. The molecule has 36 heteroatoms. The zero-order valence-electron chi connectivity index (χ0n) is 76.6. The molecule has 9 atom stereocenters. The van der Waals surface area contributed by atoms with Gasteiger partial charge in [0.2, 0.25) is 24.5 Å². The highest BCUT2D eigenvalue weighted by atomic mass is 16.7. The molecular weight excluding hydrogens is 1680 g/mol. The van der Waals surface area contributed by atoms with Gasteiger partial charge in [0, 0.05) is 65.0 Å². The lowest BCUT2D eigenvalue weighted by molar-refractivity contribution is -0.151. The van der Waals surface area contributed by atoms with Gasteiger partial charge in [-0.1, -0.05) is 56.8 Å². The van der Waals surface area contributed by atoms with Gasteiger partial charge in [0.25, 0.3) is 0 Å². The summed E-state index contributed by atoms with van der Waals surface area (Å²) in [5, 5.41) is 8.07. The van der Waals surface area contributed by atoms with Crippen molar-refractivity contribution >= 4 is 72.2 Å². The fourth-order valence-corrected chi connectivity index (χ4v) is 16.4. The van der Waals surface area contributed by atoms with Crippen molar-refractivity contribution in [2.75, 3.05) is 74.2 Å². The van der Waals surface area contributed by atoms with E-state index < -0.39 is 144 Å². The van der Waals surface area contributed by atoms with Gasteiger partial charge < -0.3 is 102 Å². The standard InChI is InChI=1S/C32H45N3O9.C31H43N3O9.C30H41N3O9/c1-6-7-8-9-10-12-24(33-30(38)44-32(2,3)4)28(36)35-20-23(17-25(35)29(37)40-5)43-31(39)34-18-21-15-26-27(16-22(21)19-34)42-14-11-13-41-26;1-6-7-8-9-10-11-23(32-29(37)43-31(2,3)4)27(35)34-19-22(16-24(34)28(36)39-5)42-30(38)33-17-20-14-25-26(15-21(20)18-33)41-13-12-40-25;1-6-7-8-9-10-11-22(31-28(36)42-30(2,3)4)26(34)33-17-21(14-23(33)27(35)38-5)41-29(37)32-15-19-12-24-25(40-18-39-24)13-20(19)16-32/h6,15-16,23-25H,1,7-14,17-20H2,2-5H3,(H,33,38);6,14-15,22-24H,1,7-13,16-19H2,2-5H3,(H,32,37);6,12-13,21-23H,1,7-11,14-18H2,2-5H3,(H,31,36)/t23-,24+,25+;22-,23+,24+;21-,22+,23+/m111/s1. The van der Waals surface area contributed by atoms with Crippen LogP contribution < -0.4 is 44.4 Å².